The van der Waals surface area contributed by atoms with Crippen LogP contribution in [-0.4, -0.2) is 17.6 Å². The molecule has 3 N–H and O–H groups in total. The van der Waals surface area contributed by atoms with E-state index in [0.717, 1.165) is 6.07 Å². The van der Waals surface area contributed by atoms with Gasteiger partial charge in [-0.25, -0.2) is 8.78 Å². The molecule has 0 fully saturated rings. The normalized spacial score (nSPS) is 12.4. The van der Waals surface area contributed by atoms with Crippen molar-refractivity contribution >= 4 is 5.97 Å². The molecule has 5 heteroatoms. The number of carbonyl (C=O) groups is 1. The van der Waals surface area contributed by atoms with Crippen molar-refractivity contribution in [2.45, 2.75) is 25.2 Å². The summed E-state index contributed by atoms with van der Waals surface area (Å²) < 4.78 is 26.5. The van der Waals surface area contributed by atoms with Gasteiger partial charge >= 0.3 is 5.97 Å². The van der Waals surface area contributed by atoms with Gasteiger partial charge in [0.25, 0.3) is 0 Å². The largest absolute Gasteiger partial charge is 0.481 e. The fourth-order valence-corrected chi connectivity index (χ4v) is 1.74. The van der Waals surface area contributed by atoms with E-state index in [1.165, 1.54) is 12.1 Å². The Morgan fingerprint density at radius 3 is 2.71 bits per heavy atom. The van der Waals surface area contributed by atoms with Crippen molar-refractivity contribution in [2.24, 2.45) is 5.73 Å². The molecule has 3 nitrogen and oxygen atoms in total. The average molecular weight is 243 g/mol. The third-order valence-corrected chi connectivity index (χ3v) is 2.65. The van der Waals surface area contributed by atoms with Gasteiger partial charge in [-0.05, 0) is 36.9 Å². The highest BCUT2D eigenvalue weighted by Gasteiger charge is 2.17. The molecule has 0 radical (unpaired) electrons. The molecule has 1 unspecified atom stereocenters. The summed E-state index contributed by atoms with van der Waals surface area (Å²) in [5.74, 6) is -3.04. The Labute approximate surface area is 98.2 Å². The van der Waals surface area contributed by atoms with Crippen LogP contribution in [0.2, 0.25) is 0 Å². The van der Waals surface area contributed by atoms with E-state index in [2.05, 4.69) is 0 Å². The van der Waals surface area contributed by atoms with Crippen molar-refractivity contribution in [3.05, 3.63) is 35.4 Å². The molecule has 94 valence electrons. The summed E-state index contributed by atoms with van der Waals surface area (Å²) in [4.78, 5) is 10.4. The number of aliphatic carboxylic acids is 1. The lowest BCUT2D eigenvalue weighted by molar-refractivity contribution is -0.137. The highest BCUT2D eigenvalue weighted by molar-refractivity contribution is 5.66. The van der Waals surface area contributed by atoms with Crippen molar-refractivity contribution in [3.63, 3.8) is 0 Å². The van der Waals surface area contributed by atoms with Crippen LogP contribution in [0.25, 0.3) is 0 Å². The Morgan fingerprint density at radius 1 is 1.41 bits per heavy atom. The summed E-state index contributed by atoms with van der Waals surface area (Å²) in [6.45, 7) is 0.167. The van der Waals surface area contributed by atoms with Crippen LogP contribution in [0.15, 0.2) is 18.2 Å². The smallest absolute Gasteiger partial charge is 0.303 e. The van der Waals surface area contributed by atoms with Crippen LogP contribution in [0.1, 0.15) is 30.7 Å². The fourth-order valence-electron chi connectivity index (χ4n) is 1.74. The first kappa shape index (κ1) is 13.6. The van der Waals surface area contributed by atoms with Gasteiger partial charge in [-0.1, -0.05) is 12.1 Å². The molecule has 0 saturated carbocycles. The molecule has 1 aromatic carbocycles. The Hall–Kier alpha value is -1.49. The molecule has 0 aliphatic carbocycles. The highest BCUT2D eigenvalue weighted by Crippen LogP contribution is 2.25. The summed E-state index contributed by atoms with van der Waals surface area (Å²) in [5, 5.41) is 8.50. The van der Waals surface area contributed by atoms with Crippen LogP contribution in [-0.2, 0) is 4.79 Å². The van der Waals surface area contributed by atoms with E-state index in [-0.39, 0.29) is 24.4 Å². The predicted octanol–water partition coefficient (Wildman–Crippen LogP) is 2.26. The molecule has 1 aromatic rings. The maximum absolute atomic E-state index is 13.5. The minimum Gasteiger partial charge on any atom is -0.481 e. The van der Waals surface area contributed by atoms with Crippen LogP contribution in [0.4, 0.5) is 8.78 Å². The first-order valence-electron chi connectivity index (χ1n) is 5.42. The average Bonchev–Trinajstić information content (AvgIpc) is 2.28. The SMILES string of the molecule is NCC(CCCC(=O)O)c1cccc(F)c1F. The van der Waals surface area contributed by atoms with Crippen LogP contribution >= 0.6 is 0 Å². The van der Waals surface area contributed by atoms with Crippen LogP contribution in [0, 0.1) is 11.6 Å². The Bertz CT molecular complexity index is 396. The van der Waals surface area contributed by atoms with Gasteiger partial charge < -0.3 is 10.8 Å². The molecule has 1 rings (SSSR count). The molecule has 0 spiro atoms. The second-order valence-corrected chi connectivity index (χ2v) is 3.86. The Kier molecular flexibility index (Phi) is 5.03. The summed E-state index contributed by atoms with van der Waals surface area (Å²) in [6, 6.07) is 3.95. The topological polar surface area (TPSA) is 63.3 Å². The summed E-state index contributed by atoms with van der Waals surface area (Å²) in [6.07, 6.45) is 0.837. The number of hydrogen-bond acceptors (Lipinski definition) is 2. The van der Waals surface area contributed by atoms with Crippen LogP contribution in [0.3, 0.4) is 0 Å². The maximum atomic E-state index is 13.5. The zero-order valence-electron chi connectivity index (χ0n) is 9.33. The number of carboxylic acids is 1. The minimum atomic E-state index is -0.904. The van der Waals surface area contributed by atoms with Crippen molar-refractivity contribution in [3.8, 4) is 0 Å². The van der Waals surface area contributed by atoms with E-state index in [1.807, 2.05) is 0 Å². The first-order chi connectivity index (χ1) is 8.06. The van der Waals surface area contributed by atoms with Crippen LogP contribution < -0.4 is 5.73 Å². The van der Waals surface area contributed by atoms with Gasteiger partial charge in [-0.3, -0.25) is 4.79 Å². The van der Waals surface area contributed by atoms with E-state index in [9.17, 15) is 13.6 Å². The predicted molar refractivity (Wildman–Crippen MR) is 59.6 cm³/mol. The van der Waals surface area contributed by atoms with Crippen molar-refractivity contribution in [2.75, 3.05) is 6.54 Å². The lowest BCUT2D eigenvalue weighted by Crippen LogP contribution is -2.15. The molecule has 0 amide bonds. The zero-order valence-corrected chi connectivity index (χ0v) is 9.33. The minimum absolute atomic E-state index is 0.00738. The van der Waals surface area contributed by atoms with E-state index < -0.39 is 17.6 Å². The molecule has 0 aromatic heterocycles. The molecular weight excluding hydrogens is 228 g/mol. The molecule has 0 aliphatic rings. The van der Waals surface area contributed by atoms with E-state index in [0.29, 0.717) is 12.8 Å². The second-order valence-electron chi connectivity index (χ2n) is 3.86. The standard InChI is InChI=1S/C12H15F2NO2/c13-10-5-2-4-9(12(10)14)8(7-15)3-1-6-11(16)17/h2,4-5,8H,1,3,6-7,15H2,(H,16,17). The number of carboxylic acid groups (broad SMARTS) is 1. The zero-order chi connectivity index (χ0) is 12.8. The monoisotopic (exact) mass is 243 g/mol. The van der Waals surface area contributed by atoms with Crippen molar-refractivity contribution in [1.82, 2.24) is 0 Å². The lowest BCUT2D eigenvalue weighted by Gasteiger charge is -2.15. The van der Waals surface area contributed by atoms with Crippen molar-refractivity contribution in [1.29, 1.82) is 0 Å². The Morgan fingerprint density at radius 2 is 2.12 bits per heavy atom. The van der Waals surface area contributed by atoms with Gasteiger partial charge in [0.05, 0.1) is 0 Å². The third-order valence-electron chi connectivity index (χ3n) is 2.65. The van der Waals surface area contributed by atoms with Crippen molar-refractivity contribution < 1.29 is 18.7 Å². The van der Waals surface area contributed by atoms with E-state index in [1.54, 1.807) is 0 Å². The van der Waals surface area contributed by atoms with Gasteiger partial charge in [-0.15, -0.1) is 0 Å². The van der Waals surface area contributed by atoms with Gasteiger partial charge in [0.1, 0.15) is 0 Å². The highest BCUT2D eigenvalue weighted by atomic mass is 19.2. The molecule has 0 saturated heterocycles. The quantitative estimate of drug-likeness (QED) is 0.805. The maximum Gasteiger partial charge on any atom is 0.303 e. The molecule has 0 heterocycles. The van der Waals surface area contributed by atoms with Gasteiger partial charge in [-0.2, -0.15) is 0 Å². The fraction of sp³-hybridized carbons (Fsp3) is 0.417. The molecule has 0 bridgehead atoms. The molecule has 1 atom stereocenters. The van der Waals surface area contributed by atoms with Crippen LogP contribution in [0.5, 0.6) is 0 Å². The lowest BCUT2D eigenvalue weighted by atomic mass is 9.93. The molecule has 17 heavy (non-hydrogen) atoms. The summed E-state index contributed by atoms with van der Waals surface area (Å²) in [7, 11) is 0. The van der Waals surface area contributed by atoms with Gasteiger partial charge in [0, 0.05) is 6.42 Å². The summed E-state index contributed by atoms with van der Waals surface area (Å²) >= 11 is 0. The van der Waals surface area contributed by atoms with Gasteiger partial charge in [0.2, 0.25) is 0 Å². The number of hydrogen-bond donors (Lipinski definition) is 2. The number of rotatable bonds is 6. The van der Waals surface area contributed by atoms with E-state index in [4.69, 9.17) is 10.8 Å². The second kappa shape index (κ2) is 6.30. The number of halogens is 2. The molecular formula is C12H15F2NO2. The third kappa shape index (κ3) is 3.78. The number of nitrogens with two attached hydrogens (primary N) is 1. The Balaban J connectivity index is 2.72. The van der Waals surface area contributed by atoms with E-state index >= 15 is 0 Å². The summed E-state index contributed by atoms with van der Waals surface area (Å²) in [5.41, 5.74) is 5.72. The number of benzene rings is 1. The first-order valence-corrected chi connectivity index (χ1v) is 5.42. The van der Waals surface area contributed by atoms with Gasteiger partial charge in [0.15, 0.2) is 11.6 Å². The molecule has 0 aliphatic heterocycles.